The molecule has 1 aromatic carbocycles. The van der Waals surface area contributed by atoms with E-state index in [1.807, 2.05) is 17.5 Å². The highest BCUT2D eigenvalue weighted by atomic mass is 79.9. The van der Waals surface area contributed by atoms with E-state index < -0.39 is 0 Å². The van der Waals surface area contributed by atoms with E-state index >= 15 is 0 Å². The van der Waals surface area contributed by atoms with Gasteiger partial charge in [-0.2, -0.15) is 0 Å². The van der Waals surface area contributed by atoms with Gasteiger partial charge in [0.05, 0.1) is 10.6 Å². The number of rotatable bonds is 3. The first-order valence-corrected chi connectivity index (χ1v) is 7.10. The molecule has 6 heteroatoms. The van der Waals surface area contributed by atoms with Gasteiger partial charge in [0, 0.05) is 10.0 Å². The largest absolute Gasteiger partial charge is 0.389 e. The molecule has 0 fully saturated rings. The topological polar surface area (TPSA) is 55.1 Å². The predicted molar refractivity (Wildman–Crippen MR) is 82.3 cm³/mol. The maximum Gasteiger partial charge on any atom is 0.265 e. The molecule has 92 valence electrons. The zero-order valence-electron chi connectivity index (χ0n) is 9.14. The maximum absolute atomic E-state index is 11.9. The Kier molecular flexibility index (Phi) is 4.11. The molecule has 0 radical (unpaired) electrons. The summed E-state index contributed by atoms with van der Waals surface area (Å²) in [5, 5.41) is 4.66. The molecular formula is C12H9BrN2OS2. The minimum Gasteiger partial charge on any atom is -0.389 e. The number of anilines is 1. The summed E-state index contributed by atoms with van der Waals surface area (Å²) in [6.45, 7) is 0. The molecule has 18 heavy (non-hydrogen) atoms. The van der Waals surface area contributed by atoms with Crippen LogP contribution in [0.1, 0.15) is 15.2 Å². The Morgan fingerprint density at radius 1 is 1.39 bits per heavy atom. The van der Waals surface area contributed by atoms with Gasteiger partial charge in [0.25, 0.3) is 5.91 Å². The molecule has 0 aliphatic heterocycles. The normalized spacial score (nSPS) is 10.1. The first-order valence-electron chi connectivity index (χ1n) is 5.02. The van der Waals surface area contributed by atoms with Crippen LogP contribution in [0, 0.1) is 0 Å². The van der Waals surface area contributed by atoms with E-state index in [9.17, 15) is 4.79 Å². The van der Waals surface area contributed by atoms with Gasteiger partial charge >= 0.3 is 0 Å². The van der Waals surface area contributed by atoms with Gasteiger partial charge in [-0.15, -0.1) is 11.3 Å². The zero-order valence-corrected chi connectivity index (χ0v) is 12.4. The summed E-state index contributed by atoms with van der Waals surface area (Å²) in [5.74, 6) is -0.162. The monoisotopic (exact) mass is 340 g/mol. The van der Waals surface area contributed by atoms with Crippen LogP contribution in [0.15, 0.2) is 40.2 Å². The SMILES string of the molecule is NC(=S)c1cc(Br)ccc1NC(=O)c1cccs1. The van der Waals surface area contributed by atoms with Crippen LogP contribution < -0.4 is 11.1 Å². The number of halogens is 1. The summed E-state index contributed by atoms with van der Waals surface area (Å²) < 4.78 is 0.861. The Hall–Kier alpha value is -1.24. The molecule has 0 unspecified atom stereocenters. The molecule has 0 saturated heterocycles. The lowest BCUT2D eigenvalue weighted by Gasteiger charge is -2.09. The van der Waals surface area contributed by atoms with E-state index in [2.05, 4.69) is 21.2 Å². The van der Waals surface area contributed by atoms with E-state index in [-0.39, 0.29) is 10.9 Å². The number of hydrogen-bond donors (Lipinski definition) is 2. The molecule has 1 amide bonds. The summed E-state index contributed by atoms with van der Waals surface area (Å²) in [6.07, 6.45) is 0. The number of carbonyl (C=O) groups excluding carboxylic acids is 1. The van der Waals surface area contributed by atoms with Crippen LogP contribution in [0.25, 0.3) is 0 Å². The van der Waals surface area contributed by atoms with Crippen LogP contribution >= 0.6 is 39.5 Å². The van der Waals surface area contributed by atoms with Crippen molar-refractivity contribution in [2.24, 2.45) is 5.73 Å². The second-order valence-corrected chi connectivity index (χ2v) is 5.79. The number of carbonyl (C=O) groups is 1. The quantitative estimate of drug-likeness (QED) is 0.842. The van der Waals surface area contributed by atoms with Crippen LogP contribution in [0.4, 0.5) is 5.69 Å². The molecule has 1 heterocycles. The van der Waals surface area contributed by atoms with Gasteiger partial charge in [-0.1, -0.05) is 34.2 Å². The molecular weight excluding hydrogens is 332 g/mol. The molecule has 3 nitrogen and oxygen atoms in total. The lowest BCUT2D eigenvalue weighted by Crippen LogP contribution is -2.17. The average molecular weight is 341 g/mol. The Labute approximate surface area is 122 Å². The molecule has 0 spiro atoms. The summed E-state index contributed by atoms with van der Waals surface area (Å²) in [5.41, 5.74) is 6.90. The van der Waals surface area contributed by atoms with Crippen LogP contribution in [-0.4, -0.2) is 10.9 Å². The highest BCUT2D eigenvalue weighted by molar-refractivity contribution is 9.10. The molecule has 0 aliphatic carbocycles. The van der Waals surface area contributed by atoms with Crippen molar-refractivity contribution >= 4 is 56.1 Å². The Morgan fingerprint density at radius 2 is 2.17 bits per heavy atom. The van der Waals surface area contributed by atoms with Gasteiger partial charge in [0.2, 0.25) is 0 Å². The van der Waals surface area contributed by atoms with Gasteiger partial charge in [-0.25, -0.2) is 0 Å². The van der Waals surface area contributed by atoms with Gasteiger partial charge < -0.3 is 11.1 Å². The van der Waals surface area contributed by atoms with Crippen molar-refractivity contribution in [3.8, 4) is 0 Å². The average Bonchev–Trinajstić information content (AvgIpc) is 2.84. The lowest BCUT2D eigenvalue weighted by molar-refractivity contribution is 0.103. The number of hydrogen-bond acceptors (Lipinski definition) is 3. The molecule has 0 aliphatic rings. The van der Waals surface area contributed by atoms with Gasteiger partial charge in [-0.05, 0) is 29.6 Å². The third-order valence-corrected chi connectivity index (χ3v) is 3.82. The Morgan fingerprint density at radius 3 is 2.78 bits per heavy atom. The first kappa shape index (κ1) is 13.2. The minimum absolute atomic E-state index is 0.162. The fraction of sp³-hybridized carbons (Fsp3) is 0. The number of thiophene rings is 1. The van der Waals surface area contributed by atoms with Crippen molar-refractivity contribution in [1.29, 1.82) is 0 Å². The summed E-state index contributed by atoms with van der Waals surface area (Å²) in [7, 11) is 0. The van der Waals surface area contributed by atoms with Crippen LogP contribution in [0.2, 0.25) is 0 Å². The van der Waals surface area contributed by atoms with E-state index in [0.29, 0.717) is 16.1 Å². The molecule has 2 aromatic rings. The minimum atomic E-state index is -0.162. The fourth-order valence-electron chi connectivity index (χ4n) is 1.42. The zero-order chi connectivity index (χ0) is 13.1. The van der Waals surface area contributed by atoms with Crippen molar-refractivity contribution in [2.75, 3.05) is 5.32 Å². The first-order chi connectivity index (χ1) is 8.58. The van der Waals surface area contributed by atoms with Crippen molar-refractivity contribution in [3.63, 3.8) is 0 Å². The standard InChI is InChI=1S/C12H9BrN2OS2/c13-7-3-4-9(8(6-7)11(14)17)15-12(16)10-2-1-5-18-10/h1-6H,(H2,14,17)(H,15,16). The third kappa shape index (κ3) is 2.95. The number of amides is 1. The summed E-state index contributed by atoms with van der Waals surface area (Å²) >= 11 is 9.70. The Balaban J connectivity index is 2.29. The number of nitrogens with two attached hydrogens (primary N) is 1. The highest BCUT2D eigenvalue weighted by Crippen LogP contribution is 2.22. The summed E-state index contributed by atoms with van der Waals surface area (Å²) in [6, 6.07) is 8.97. The van der Waals surface area contributed by atoms with Crippen molar-refractivity contribution in [2.45, 2.75) is 0 Å². The Bertz CT molecular complexity index is 596. The molecule has 0 bridgehead atoms. The third-order valence-electron chi connectivity index (χ3n) is 2.24. The van der Waals surface area contributed by atoms with E-state index in [1.54, 1.807) is 18.2 Å². The van der Waals surface area contributed by atoms with Crippen LogP contribution in [-0.2, 0) is 0 Å². The van der Waals surface area contributed by atoms with E-state index in [4.69, 9.17) is 18.0 Å². The second-order valence-electron chi connectivity index (χ2n) is 3.49. The van der Waals surface area contributed by atoms with Crippen LogP contribution in [0.5, 0.6) is 0 Å². The number of thiocarbonyl (C=S) groups is 1. The van der Waals surface area contributed by atoms with Gasteiger partial charge in [0.1, 0.15) is 4.99 Å². The highest BCUT2D eigenvalue weighted by Gasteiger charge is 2.11. The predicted octanol–water partition coefficient (Wildman–Crippen LogP) is 3.40. The molecule has 0 saturated carbocycles. The molecule has 2 rings (SSSR count). The van der Waals surface area contributed by atoms with Gasteiger partial charge in [-0.3, -0.25) is 4.79 Å². The van der Waals surface area contributed by atoms with Crippen molar-refractivity contribution < 1.29 is 4.79 Å². The number of benzene rings is 1. The number of nitrogens with one attached hydrogen (secondary N) is 1. The maximum atomic E-state index is 11.9. The lowest BCUT2D eigenvalue weighted by atomic mass is 10.1. The van der Waals surface area contributed by atoms with E-state index in [0.717, 1.165) is 4.47 Å². The fourth-order valence-corrected chi connectivity index (χ4v) is 2.57. The molecule has 0 atom stereocenters. The summed E-state index contributed by atoms with van der Waals surface area (Å²) in [4.78, 5) is 12.8. The van der Waals surface area contributed by atoms with Gasteiger partial charge in [0.15, 0.2) is 0 Å². The van der Waals surface area contributed by atoms with Crippen LogP contribution in [0.3, 0.4) is 0 Å². The molecule has 1 aromatic heterocycles. The van der Waals surface area contributed by atoms with Crippen molar-refractivity contribution in [1.82, 2.24) is 0 Å². The van der Waals surface area contributed by atoms with Crippen molar-refractivity contribution in [3.05, 3.63) is 50.6 Å². The second kappa shape index (κ2) is 5.60. The van der Waals surface area contributed by atoms with E-state index in [1.165, 1.54) is 11.3 Å². The molecule has 3 N–H and O–H groups in total. The smallest absolute Gasteiger partial charge is 0.265 e.